The number of hydrogen-bond acceptors (Lipinski definition) is 7. The molecule has 1 atom stereocenters. The lowest BCUT2D eigenvalue weighted by Crippen LogP contribution is -2.52. The second kappa shape index (κ2) is 8.15. The average molecular weight is 392 g/mol. The highest BCUT2D eigenvalue weighted by atomic mass is 16.5. The van der Waals surface area contributed by atoms with E-state index in [4.69, 9.17) is 4.52 Å². The molecule has 3 fully saturated rings. The number of amides is 4. The molecule has 10 heteroatoms. The fraction of sp³-hybridized carbons (Fsp3) is 0.722. The van der Waals surface area contributed by atoms with Crippen molar-refractivity contribution in [3.63, 3.8) is 0 Å². The van der Waals surface area contributed by atoms with Gasteiger partial charge in [-0.05, 0) is 30.3 Å². The summed E-state index contributed by atoms with van der Waals surface area (Å²) in [6.07, 6.45) is 2.40. The molecular formula is C18H28N6O4. The average Bonchev–Trinajstić information content (AvgIpc) is 3.40. The first-order chi connectivity index (χ1) is 13.5. The molecule has 2 saturated heterocycles. The van der Waals surface area contributed by atoms with Crippen LogP contribution in [0.3, 0.4) is 0 Å². The van der Waals surface area contributed by atoms with Crippen molar-refractivity contribution in [2.45, 2.75) is 52.0 Å². The Labute approximate surface area is 164 Å². The molecule has 3 heterocycles. The number of nitrogens with one attached hydrogen (secondary N) is 2. The summed E-state index contributed by atoms with van der Waals surface area (Å²) >= 11 is 0. The van der Waals surface area contributed by atoms with Crippen LogP contribution in [0.25, 0.3) is 0 Å². The molecule has 0 aromatic carbocycles. The Hall–Kier alpha value is -2.65. The third kappa shape index (κ3) is 3.95. The first-order valence-electron chi connectivity index (χ1n) is 9.94. The molecule has 3 aliphatic rings. The van der Waals surface area contributed by atoms with E-state index in [1.807, 2.05) is 18.7 Å². The lowest BCUT2D eigenvalue weighted by Gasteiger charge is -2.34. The molecule has 4 rings (SSSR count). The zero-order valence-electron chi connectivity index (χ0n) is 16.7. The lowest BCUT2D eigenvalue weighted by molar-refractivity contribution is -0.132. The highest BCUT2D eigenvalue weighted by Gasteiger charge is 2.55. The van der Waals surface area contributed by atoms with Gasteiger partial charge in [0.2, 0.25) is 11.8 Å². The maximum absolute atomic E-state index is 12.6. The van der Waals surface area contributed by atoms with Crippen molar-refractivity contribution in [2.24, 2.45) is 5.92 Å². The topological polar surface area (TPSA) is 121 Å². The third-order valence-electron chi connectivity index (χ3n) is 5.41. The molecule has 2 aliphatic heterocycles. The standard InChI is InChI=1S/C16H22N6O4.C2H6/c1-10-17-14(20-26-10)22-8-6-21(7-9-22)12(23)4-5-16(11-2-3-11)13(24)18-15(25)19-16;1-2/h11H,2-9H2,1H3,(H2,18,19,24,25);1-2H3. The van der Waals surface area contributed by atoms with Crippen molar-refractivity contribution in [3.8, 4) is 0 Å². The summed E-state index contributed by atoms with van der Waals surface area (Å²) in [6.45, 7) is 8.15. The van der Waals surface area contributed by atoms with Crippen LogP contribution in [0, 0.1) is 12.8 Å². The number of hydrogen-bond donors (Lipinski definition) is 2. The number of aromatic nitrogens is 2. The quantitative estimate of drug-likeness (QED) is 0.712. The summed E-state index contributed by atoms with van der Waals surface area (Å²) in [5.74, 6) is 0.909. The van der Waals surface area contributed by atoms with E-state index in [1.165, 1.54) is 0 Å². The highest BCUT2D eigenvalue weighted by molar-refractivity contribution is 6.07. The van der Waals surface area contributed by atoms with Gasteiger partial charge in [0.15, 0.2) is 0 Å². The molecule has 0 spiro atoms. The normalized spacial score (nSPS) is 24.4. The van der Waals surface area contributed by atoms with E-state index in [-0.39, 0.29) is 24.2 Å². The van der Waals surface area contributed by atoms with Crippen LogP contribution in [0.5, 0.6) is 0 Å². The van der Waals surface area contributed by atoms with Gasteiger partial charge in [-0.1, -0.05) is 13.8 Å². The van der Waals surface area contributed by atoms with E-state index >= 15 is 0 Å². The van der Waals surface area contributed by atoms with Crippen LogP contribution >= 0.6 is 0 Å². The molecule has 2 N–H and O–H groups in total. The molecule has 0 bridgehead atoms. The second-order valence-corrected chi connectivity index (χ2v) is 7.14. The molecule has 0 radical (unpaired) electrons. The van der Waals surface area contributed by atoms with E-state index in [0.29, 0.717) is 44.4 Å². The Morgan fingerprint density at radius 2 is 1.89 bits per heavy atom. The van der Waals surface area contributed by atoms with Gasteiger partial charge in [-0.2, -0.15) is 4.98 Å². The van der Waals surface area contributed by atoms with E-state index < -0.39 is 11.6 Å². The van der Waals surface area contributed by atoms with Crippen molar-refractivity contribution in [3.05, 3.63) is 5.89 Å². The van der Waals surface area contributed by atoms with Gasteiger partial charge in [0.1, 0.15) is 5.54 Å². The van der Waals surface area contributed by atoms with Crippen LogP contribution in [0.4, 0.5) is 10.7 Å². The largest absolute Gasteiger partial charge is 0.339 e. The predicted molar refractivity (Wildman–Crippen MR) is 101 cm³/mol. The summed E-state index contributed by atoms with van der Waals surface area (Å²) < 4.78 is 4.99. The second-order valence-electron chi connectivity index (χ2n) is 7.14. The number of urea groups is 1. The van der Waals surface area contributed by atoms with E-state index in [1.54, 1.807) is 11.8 Å². The van der Waals surface area contributed by atoms with Gasteiger partial charge in [-0.3, -0.25) is 14.9 Å². The maximum Gasteiger partial charge on any atom is 0.322 e. The molecule has 1 saturated carbocycles. The minimum absolute atomic E-state index is 0.00270. The van der Waals surface area contributed by atoms with Crippen LogP contribution in [0.1, 0.15) is 45.4 Å². The fourth-order valence-electron chi connectivity index (χ4n) is 3.78. The minimum Gasteiger partial charge on any atom is -0.339 e. The summed E-state index contributed by atoms with van der Waals surface area (Å²) in [5.41, 5.74) is -0.906. The number of aryl methyl sites for hydroxylation is 1. The van der Waals surface area contributed by atoms with E-state index in [9.17, 15) is 14.4 Å². The number of anilines is 1. The Kier molecular flexibility index (Phi) is 5.85. The molecule has 154 valence electrons. The van der Waals surface area contributed by atoms with Gasteiger partial charge in [0, 0.05) is 39.5 Å². The molecule has 1 unspecified atom stereocenters. The Bertz CT molecular complexity index is 738. The number of rotatable bonds is 5. The van der Waals surface area contributed by atoms with Crippen molar-refractivity contribution < 1.29 is 18.9 Å². The SMILES string of the molecule is CC.Cc1nc(N2CCN(C(=O)CCC3(C4CC4)NC(=O)NC3=O)CC2)no1. The van der Waals surface area contributed by atoms with Crippen LogP contribution in [0.2, 0.25) is 0 Å². The van der Waals surface area contributed by atoms with Gasteiger partial charge in [-0.25, -0.2) is 4.79 Å². The third-order valence-corrected chi connectivity index (χ3v) is 5.41. The minimum atomic E-state index is -0.906. The zero-order valence-corrected chi connectivity index (χ0v) is 16.7. The molecule has 1 aromatic heterocycles. The number of imide groups is 1. The van der Waals surface area contributed by atoms with Gasteiger partial charge < -0.3 is 19.6 Å². The van der Waals surface area contributed by atoms with Crippen LogP contribution in [0.15, 0.2) is 4.52 Å². The van der Waals surface area contributed by atoms with Gasteiger partial charge in [0.05, 0.1) is 0 Å². The van der Waals surface area contributed by atoms with E-state index in [0.717, 1.165) is 12.8 Å². The van der Waals surface area contributed by atoms with E-state index in [2.05, 4.69) is 20.8 Å². The number of carbonyl (C=O) groups is 3. The number of piperazine rings is 1. The number of carbonyl (C=O) groups excluding carboxylic acids is 3. The van der Waals surface area contributed by atoms with Gasteiger partial charge >= 0.3 is 6.03 Å². The highest BCUT2D eigenvalue weighted by Crippen LogP contribution is 2.43. The Morgan fingerprint density at radius 3 is 2.39 bits per heavy atom. The summed E-state index contributed by atoms with van der Waals surface area (Å²) in [4.78, 5) is 44.4. The van der Waals surface area contributed by atoms with Crippen LogP contribution < -0.4 is 15.5 Å². The fourth-order valence-corrected chi connectivity index (χ4v) is 3.78. The molecule has 1 aromatic rings. The molecular weight excluding hydrogens is 364 g/mol. The summed E-state index contributed by atoms with van der Waals surface area (Å²) in [7, 11) is 0. The molecule has 10 nitrogen and oxygen atoms in total. The molecule has 28 heavy (non-hydrogen) atoms. The molecule has 4 amide bonds. The zero-order chi connectivity index (χ0) is 20.3. The summed E-state index contributed by atoms with van der Waals surface area (Å²) in [6, 6.07) is -0.460. The number of nitrogens with zero attached hydrogens (tertiary/aromatic N) is 4. The lowest BCUT2D eigenvalue weighted by atomic mass is 9.87. The van der Waals surface area contributed by atoms with Crippen LogP contribution in [-0.2, 0) is 9.59 Å². The maximum atomic E-state index is 12.6. The van der Waals surface area contributed by atoms with Gasteiger partial charge in [0.25, 0.3) is 11.9 Å². The van der Waals surface area contributed by atoms with Crippen molar-refractivity contribution in [1.29, 1.82) is 0 Å². The van der Waals surface area contributed by atoms with Crippen molar-refractivity contribution in [2.75, 3.05) is 31.1 Å². The smallest absolute Gasteiger partial charge is 0.322 e. The van der Waals surface area contributed by atoms with Crippen LogP contribution in [-0.4, -0.2) is 64.6 Å². The monoisotopic (exact) mass is 392 g/mol. The summed E-state index contributed by atoms with van der Waals surface area (Å²) in [5, 5.41) is 8.98. The van der Waals surface area contributed by atoms with Crippen molar-refractivity contribution in [1.82, 2.24) is 25.7 Å². The van der Waals surface area contributed by atoms with Crippen molar-refractivity contribution >= 4 is 23.8 Å². The first kappa shape index (κ1) is 20.1. The Morgan fingerprint density at radius 1 is 1.21 bits per heavy atom. The predicted octanol–water partition coefficient (Wildman–Crippen LogP) is 0.821. The molecule has 1 aliphatic carbocycles. The Balaban J connectivity index is 0.00000109. The first-order valence-corrected chi connectivity index (χ1v) is 9.94. The van der Waals surface area contributed by atoms with Gasteiger partial charge in [-0.15, -0.1) is 0 Å².